The highest BCUT2D eigenvalue weighted by atomic mass is 35.5. The summed E-state index contributed by atoms with van der Waals surface area (Å²) >= 11 is 12.8. The summed E-state index contributed by atoms with van der Waals surface area (Å²) in [4.78, 5) is 30.2. The molecule has 248 valence electrons. The summed E-state index contributed by atoms with van der Waals surface area (Å²) in [5, 5.41) is 3.80. The second-order valence-electron chi connectivity index (χ2n) is 11.6. The second-order valence-corrected chi connectivity index (χ2v) is 14.3. The first-order valence-corrected chi connectivity index (χ1v) is 17.9. The topological polar surface area (TPSA) is 86.8 Å². The maximum absolute atomic E-state index is 14.7. The number of para-hydroxylation sites is 1. The molecule has 0 heterocycles. The molecule has 0 aliphatic heterocycles. The Labute approximate surface area is 288 Å². The van der Waals surface area contributed by atoms with Crippen LogP contribution in [0.15, 0.2) is 102 Å². The lowest BCUT2D eigenvalue weighted by molar-refractivity contribution is -0.140. The fourth-order valence-corrected chi connectivity index (χ4v) is 7.15. The average Bonchev–Trinajstić information content (AvgIpc) is 3.06. The van der Waals surface area contributed by atoms with Crippen molar-refractivity contribution in [1.29, 1.82) is 0 Å². The molecule has 0 saturated heterocycles. The van der Waals surface area contributed by atoms with Crippen LogP contribution >= 0.6 is 23.2 Å². The summed E-state index contributed by atoms with van der Waals surface area (Å²) in [5.41, 5.74) is 3.48. The fourth-order valence-electron chi connectivity index (χ4n) is 5.23. The number of carbonyl (C=O) groups excluding carboxylic acids is 2. The fraction of sp³-hybridized carbons (Fsp3) is 0.297. The average molecular weight is 695 g/mol. The minimum absolute atomic E-state index is 0.0475. The van der Waals surface area contributed by atoms with Crippen molar-refractivity contribution in [3.8, 4) is 0 Å². The van der Waals surface area contributed by atoms with Gasteiger partial charge in [-0.3, -0.25) is 13.9 Å². The number of rotatable bonds is 14. The van der Waals surface area contributed by atoms with Crippen molar-refractivity contribution in [1.82, 2.24) is 10.2 Å². The Morgan fingerprint density at radius 2 is 1.51 bits per heavy atom. The first kappa shape index (κ1) is 36.0. The Bertz CT molecular complexity index is 1780. The van der Waals surface area contributed by atoms with Crippen molar-refractivity contribution in [2.45, 2.75) is 70.5 Å². The molecular weight excluding hydrogens is 653 g/mol. The van der Waals surface area contributed by atoms with Crippen LogP contribution in [0.4, 0.5) is 5.69 Å². The summed E-state index contributed by atoms with van der Waals surface area (Å²) in [5.74, 6) is -0.901. The molecular formula is C37H41Cl2N3O4S. The summed E-state index contributed by atoms with van der Waals surface area (Å²) in [6.07, 6.45) is 1.44. The number of nitrogens with one attached hydrogen (secondary N) is 1. The molecule has 47 heavy (non-hydrogen) atoms. The summed E-state index contributed by atoms with van der Waals surface area (Å²) in [6, 6.07) is 26.9. The van der Waals surface area contributed by atoms with Gasteiger partial charge in [0, 0.05) is 29.1 Å². The van der Waals surface area contributed by atoms with Gasteiger partial charge in [0.25, 0.3) is 10.0 Å². The van der Waals surface area contributed by atoms with Crippen LogP contribution in [-0.4, -0.2) is 43.8 Å². The van der Waals surface area contributed by atoms with Gasteiger partial charge in [-0.15, -0.1) is 0 Å². The van der Waals surface area contributed by atoms with E-state index < -0.39 is 28.5 Å². The Balaban J connectivity index is 1.85. The first-order chi connectivity index (χ1) is 22.4. The summed E-state index contributed by atoms with van der Waals surface area (Å²) in [7, 11) is -4.20. The number of carbonyl (C=O) groups is 2. The Kier molecular flexibility index (Phi) is 12.5. The van der Waals surface area contributed by atoms with Gasteiger partial charge >= 0.3 is 0 Å². The van der Waals surface area contributed by atoms with E-state index in [0.717, 1.165) is 21.0 Å². The van der Waals surface area contributed by atoms with Gasteiger partial charge in [0.1, 0.15) is 12.6 Å². The van der Waals surface area contributed by atoms with Crippen molar-refractivity contribution in [3.63, 3.8) is 0 Å². The number of hydrogen-bond acceptors (Lipinski definition) is 4. The van der Waals surface area contributed by atoms with Crippen molar-refractivity contribution < 1.29 is 18.0 Å². The SMILES string of the molecule is CCc1ccccc1N(CC(=O)N(Cc1ccc(Cl)cc1Cl)[C@H](Cc1ccccc1)C(=O)N[C@@H](C)CC)S(=O)(=O)c1ccc(C)cc1. The van der Waals surface area contributed by atoms with Crippen LogP contribution in [0.5, 0.6) is 0 Å². The van der Waals surface area contributed by atoms with Crippen molar-refractivity contribution in [2.24, 2.45) is 0 Å². The third kappa shape index (κ3) is 9.15. The van der Waals surface area contributed by atoms with Gasteiger partial charge in [-0.1, -0.05) is 109 Å². The monoisotopic (exact) mass is 693 g/mol. The number of halogens is 2. The highest BCUT2D eigenvalue weighted by Crippen LogP contribution is 2.29. The molecule has 10 heteroatoms. The van der Waals surface area contributed by atoms with Gasteiger partial charge in [0.2, 0.25) is 11.8 Å². The van der Waals surface area contributed by atoms with E-state index in [4.69, 9.17) is 23.2 Å². The number of benzene rings is 4. The van der Waals surface area contributed by atoms with Gasteiger partial charge in [-0.05, 0) is 73.7 Å². The molecule has 0 spiro atoms. The summed E-state index contributed by atoms with van der Waals surface area (Å²) in [6.45, 7) is 7.08. The quantitative estimate of drug-likeness (QED) is 0.147. The highest BCUT2D eigenvalue weighted by molar-refractivity contribution is 7.92. The van der Waals surface area contributed by atoms with Crippen LogP contribution in [0.25, 0.3) is 0 Å². The lowest BCUT2D eigenvalue weighted by atomic mass is 10.0. The van der Waals surface area contributed by atoms with Crippen LogP contribution in [0.1, 0.15) is 49.4 Å². The molecule has 0 aliphatic carbocycles. The molecule has 4 aromatic carbocycles. The van der Waals surface area contributed by atoms with Crippen LogP contribution in [-0.2, 0) is 39.0 Å². The number of aryl methyl sites for hydroxylation is 2. The van der Waals surface area contributed by atoms with Crippen LogP contribution in [0.3, 0.4) is 0 Å². The van der Waals surface area contributed by atoms with Crippen LogP contribution in [0.2, 0.25) is 10.0 Å². The molecule has 0 aliphatic rings. The molecule has 4 rings (SSSR count). The standard InChI is InChI=1S/C37H41Cl2N3O4S/c1-5-27(4)40-37(44)35(22-28-12-8-7-9-13-28)41(24-30-18-19-31(38)23-33(30)39)36(43)25-42(34-15-11-10-14-29(34)6-2)47(45,46)32-20-16-26(3)17-21-32/h7-21,23,27,35H,5-6,22,24-25H2,1-4H3,(H,40,44)/t27-,35+/m0/s1. The third-order valence-electron chi connectivity index (χ3n) is 8.16. The summed E-state index contributed by atoms with van der Waals surface area (Å²) < 4.78 is 29.8. The number of anilines is 1. The molecule has 2 atom stereocenters. The van der Waals surface area contributed by atoms with E-state index in [0.29, 0.717) is 34.1 Å². The number of hydrogen-bond donors (Lipinski definition) is 1. The van der Waals surface area contributed by atoms with Gasteiger partial charge in [-0.25, -0.2) is 8.42 Å². The third-order valence-corrected chi connectivity index (χ3v) is 10.5. The lowest BCUT2D eigenvalue weighted by Crippen LogP contribution is -2.54. The zero-order valence-electron chi connectivity index (χ0n) is 27.1. The molecule has 0 fully saturated rings. The van der Waals surface area contributed by atoms with E-state index in [1.165, 1.54) is 4.90 Å². The Morgan fingerprint density at radius 1 is 0.851 bits per heavy atom. The van der Waals surface area contributed by atoms with Crippen molar-refractivity contribution in [2.75, 3.05) is 10.8 Å². The predicted molar refractivity (Wildman–Crippen MR) is 190 cm³/mol. The van der Waals surface area contributed by atoms with Crippen LogP contribution in [0, 0.1) is 6.92 Å². The molecule has 1 N–H and O–H groups in total. The molecule has 0 unspecified atom stereocenters. The van der Waals surface area contributed by atoms with E-state index in [1.807, 2.05) is 70.2 Å². The molecule has 2 amide bonds. The van der Waals surface area contributed by atoms with E-state index >= 15 is 0 Å². The minimum Gasteiger partial charge on any atom is -0.352 e. The zero-order valence-corrected chi connectivity index (χ0v) is 29.4. The largest absolute Gasteiger partial charge is 0.352 e. The number of amides is 2. The van der Waals surface area contributed by atoms with Crippen LogP contribution < -0.4 is 9.62 Å². The van der Waals surface area contributed by atoms with Gasteiger partial charge < -0.3 is 10.2 Å². The maximum atomic E-state index is 14.7. The minimum atomic E-state index is -4.20. The number of nitrogens with zero attached hydrogens (tertiary/aromatic N) is 2. The number of sulfonamides is 1. The van der Waals surface area contributed by atoms with Gasteiger partial charge in [-0.2, -0.15) is 0 Å². The molecule has 4 aromatic rings. The van der Waals surface area contributed by atoms with E-state index in [2.05, 4.69) is 5.32 Å². The normalized spacial score (nSPS) is 12.6. The zero-order chi connectivity index (χ0) is 34.1. The molecule has 0 aromatic heterocycles. The van der Waals surface area contributed by atoms with E-state index in [1.54, 1.807) is 54.6 Å². The molecule has 0 bridgehead atoms. The molecule has 7 nitrogen and oxygen atoms in total. The predicted octanol–water partition coefficient (Wildman–Crippen LogP) is 7.61. The molecule has 0 saturated carbocycles. The Morgan fingerprint density at radius 3 is 2.15 bits per heavy atom. The maximum Gasteiger partial charge on any atom is 0.264 e. The first-order valence-electron chi connectivity index (χ1n) is 15.7. The highest BCUT2D eigenvalue weighted by Gasteiger charge is 2.35. The van der Waals surface area contributed by atoms with Gasteiger partial charge in [0.15, 0.2) is 0 Å². The smallest absolute Gasteiger partial charge is 0.264 e. The van der Waals surface area contributed by atoms with E-state index in [-0.39, 0.29) is 29.8 Å². The van der Waals surface area contributed by atoms with Crippen molar-refractivity contribution >= 4 is 50.7 Å². The van der Waals surface area contributed by atoms with Gasteiger partial charge in [0.05, 0.1) is 10.6 Å². The lowest BCUT2D eigenvalue weighted by Gasteiger charge is -2.35. The molecule has 0 radical (unpaired) electrons. The van der Waals surface area contributed by atoms with E-state index in [9.17, 15) is 18.0 Å². The van der Waals surface area contributed by atoms with Crippen molar-refractivity contribution in [3.05, 3.63) is 129 Å². The second kappa shape index (κ2) is 16.3. The Hall–Kier alpha value is -3.85.